The third-order valence-electron chi connectivity index (χ3n) is 4.62. The van der Waals surface area contributed by atoms with Crippen LogP contribution in [0.4, 0.5) is 10.1 Å². The molecule has 9 heteroatoms. The summed E-state index contributed by atoms with van der Waals surface area (Å²) in [4.78, 5) is 33.0. The number of methoxy groups -OCH3 is 1. The zero-order valence-electron chi connectivity index (χ0n) is 22.4. The molecule has 2 amide bonds. The van der Waals surface area contributed by atoms with E-state index in [4.69, 9.17) is 14.6 Å². The van der Waals surface area contributed by atoms with Crippen LogP contribution in [0.2, 0.25) is 0 Å². The van der Waals surface area contributed by atoms with Gasteiger partial charge in [0.2, 0.25) is 5.91 Å². The maximum absolute atomic E-state index is 13.5. The van der Waals surface area contributed by atoms with E-state index in [1.165, 1.54) is 12.1 Å². The lowest BCUT2D eigenvalue weighted by molar-refractivity contribution is -0.123. The third-order valence-corrected chi connectivity index (χ3v) is 4.62. The Hall–Kier alpha value is -3.20. The molecule has 4 N–H and O–H groups in total. The van der Waals surface area contributed by atoms with Gasteiger partial charge < -0.3 is 25.8 Å². The summed E-state index contributed by atoms with van der Waals surface area (Å²) in [6.45, 7) is 16.1. The molecule has 1 heterocycles. The fourth-order valence-electron chi connectivity index (χ4n) is 3.04. The van der Waals surface area contributed by atoms with Crippen molar-refractivity contribution in [1.29, 1.82) is 0 Å². The summed E-state index contributed by atoms with van der Waals surface area (Å²) in [5, 5.41) is 15.7. The smallest absolute Gasteiger partial charge is 0.290 e. The normalized spacial score (nSPS) is 13.9. The number of rotatable bonds is 8. The van der Waals surface area contributed by atoms with Crippen molar-refractivity contribution >= 4 is 29.5 Å². The van der Waals surface area contributed by atoms with E-state index in [1.807, 2.05) is 55.4 Å². The Bertz CT molecular complexity index is 867. The first-order valence-corrected chi connectivity index (χ1v) is 11.8. The van der Waals surface area contributed by atoms with E-state index in [-0.39, 0.29) is 30.3 Å². The second-order valence-corrected chi connectivity index (χ2v) is 7.20. The highest BCUT2D eigenvalue weighted by atomic mass is 19.1. The molecule has 1 aliphatic rings. The van der Waals surface area contributed by atoms with Gasteiger partial charge in [0.25, 0.3) is 12.4 Å². The first-order valence-electron chi connectivity index (χ1n) is 11.8. The second kappa shape index (κ2) is 19.1. The molecule has 0 radical (unpaired) electrons. The highest BCUT2D eigenvalue weighted by Crippen LogP contribution is 2.31. The third kappa shape index (κ3) is 11.7. The Morgan fingerprint density at radius 2 is 1.74 bits per heavy atom. The summed E-state index contributed by atoms with van der Waals surface area (Å²) in [5.74, 6) is -0.793. The van der Waals surface area contributed by atoms with Gasteiger partial charge in [0.1, 0.15) is 5.82 Å². The predicted octanol–water partition coefficient (Wildman–Crippen LogP) is 4.59. The number of carbonyl (C=O) groups excluding carboxylic acids is 2. The summed E-state index contributed by atoms with van der Waals surface area (Å²) < 4.78 is 18.7. The van der Waals surface area contributed by atoms with Crippen LogP contribution in [0.15, 0.2) is 35.5 Å². The molecule has 1 unspecified atom stereocenters. The van der Waals surface area contributed by atoms with Crippen LogP contribution in [0.25, 0.3) is 5.57 Å². The monoisotopic (exact) mass is 495 g/mol. The molecule has 0 bridgehead atoms. The summed E-state index contributed by atoms with van der Waals surface area (Å²) in [6, 6.07) is 4.20. The number of amides is 2. The number of carbonyl (C=O) groups is 3. The number of nitrogens with one attached hydrogen (secondary N) is 3. The number of anilines is 1. The number of hydrogen-bond donors (Lipinski definition) is 4. The average molecular weight is 496 g/mol. The fourth-order valence-corrected chi connectivity index (χ4v) is 3.04. The Balaban J connectivity index is 0. The van der Waals surface area contributed by atoms with Crippen molar-refractivity contribution in [2.45, 2.75) is 61.5 Å². The topological polar surface area (TPSA) is 117 Å². The molecular weight excluding hydrogens is 453 g/mol. The number of hydrogen-bond acceptors (Lipinski definition) is 5. The number of carboxylic acid groups (broad SMARTS) is 1. The van der Waals surface area contributed by atoms with Gasteiger partial charge in [0.05, 0.1) is 6.10 Å². The minimum Gasteiger partial charge on any atom is -0.483 e. The van der Waals surface area contributed by atoms with Gasteiger partial charge in [-0.1, -0.05) is 47.6 Å². The molecule has 1 aromatic carbocycles. The molecule has 1 aromatic rings. The number of allylic oxidation sites excluding steroid dienone is 1. The van der Waals surface area contributed by atoms with E-state index in [2.05, 4.69) is 16.0 Å². The van der Waals surface area contributed by atoms with Gasteiger partial charge in [-0.2, -0.15) is 0 Å². The molecule has 0 aliphatic carbocycles. The van der Waals surface area contributed by atoms with E-state index in [0.29, 0.717) is 35.5 Å². The van der Waals surface area contributed by atoms with E-state index < -0.39 is 5.82 Å². The van der Waals surface area contributed by atoms with Crippen LogP contribution in [-0.4, -0.2) is 49.7 Å². The maximum atomic E-state index is 13.5. The SMILES string of the molecule is CC.CC.COC(C)CNC(=O)/C(=C(\C)NC/C=C1\C(=O)Nc2ccc(F)cc21)C(C)C.O=CO. The lowest BCUT2D eigenvalue weighted by atomic mass is 10.00. The number of fused-ring (bicyclic) bond motifs is 1. The molecule has 2 rings (SSSR count). The van der Waals surface area contributed by atoms with Crippen molar-refractivity contribution in [1.82, 2.24) is 10.6 Å². The van der Waals surface area contributed by atoms with Crippen LogP contribution in [0.5, 0.6) is 0 Å². The van der Waals surface area contributed by atoms with Gasteiger partial charge in [0.15, 0.2) is 0 Å². The average Bonchev–Trinajstić information content (AvgIpc) is 3.14. The molecule has 0 aromatic heterocycles. The van der Waals surface area contributed by atoms with Gasteiger partial charge >= 0.3 is 0 Å². The van der Waals surface area contributed by atoms with Gasteiger partial charge in [-0.05, 0) is 38.0 Å². The Morgan fingerprint density at radius 1 is 1.17 bits per heavy atom. The summed E-state index contributed by atoms with van der Waals surface area (Å²) in [7, 11) is 1.60. The van der Waals surface area contributed by atoms with Crippen molar-refractivity contribution in [3.63, 3.8) is 0 Å². The molecule has 35 heavy (non-hydrogen) atoms. The van der Waals surface area contributed by atoms with Gasteiger partial charge in [-0.15, -0.1) is 0 Å². The summed E-state index contributed by atoms with van der Waals surface area (Å²) in [5.41, 5.74) is 2.93. The fraction of sp³-hybridized carbons (Fsp3) is 0.500. The molecule has 1 atom stereocenters. The summed E-state index contributed by atoms with van der Waals surface area (Å²) in [6.07, 6.45) is 1.63. The Kier molecular flexibility index (Phi) is 18.6. The van der Waals surface area contributed by atoms with Crippen LogP contribution in [-0.2, 0) is 19.1 Å². The number of ether oxygens (including phenoxy) is 1. The molecule has 0 saturated heterocycles. The van der Waals surface area contributed by atoms with Gasteiger partial charge in [-0.3, -0.25) is 14.4 Å². The standard InChI is InChI=1S/C21H28FN3O3.2C2H6.CH2O2/c1-12(2)19(21(27)24-11-13(3)28-5)14(4)23-9-8-16-17-10-15(22)6-7-18(17)25-20(16)26;2*1-2;2-1-3/h6-8,10,12-13,23H,9,11H2,1-5H3,(H,24,27)(H,25,26);2*1-2H3;1H,(H,2,3)/b16-8-,19-14+;;;. The predicted molar refractivity (Wildman–Crippen MR) is 139 cm³/mol. The van der Waals surface area contributed by atoms with Crippen molar-refractivity contribution in [2.24, 2.45) is 5.92 Å². The minimum absolute atomic E-state index is 0.0163. The Morgan fingerprint density at radius 3 is 2.26 bits per heavy atom. The maximum Gasteiger partial charge on any atom is 0.290 e. The lowest BCUT2D eigenvalue weighted by Gasteiger charge is -2.18. The molecular formula is C26H42FN3O5. The van der Waals surface area contributed by atoms with E-state index in [9.17, 15) is 14.0 Å². The van der Waals surface area contributed by atoms with E-state index in [0.717, 1.165) is 5.70 Å². The van der Waals surface area contributed by atoms with Crippen LogP contribution >= 0.6 is 0 Å². The quantitative estimate of drug-likeness (QED) is 0.310. The molecule has 1 aliphatic heterocycles. The Labute approximate surface area is 209 Å². The van der Waals surface area contributed by atoms with E-state index in [1.54, 1.807) is 19.3 Å². The van der Waals surface area contributed by atoms with Crippen molar-refractivity contribution in [3.8, 4) is 0 Å². The largest absolute Gasteiger partial charge is 0.483 e. The molecule has 0 saturated carbocycles. The second-order valence-electron chi connectivity index (χ2n) is 7.20. The van der Waals surface area contributed by atoms with Crippen LogP contribution in [0, 0.1) is 11.7 Å². The van der Waals surface area contributed by atoms with Crippen LogP contribution in [0.1, 0.15) is 61.0 Å². The van der Waals surface area contributed by atoms with Crippen molar-refractivity contribution < 1.29 is 28.6 Å². The minimum atomic E-state index is -0.394. The van der Waals surface area contributed by atoms with Gasteiger partial charge in [0, 0.05) is 48.3 Å². The molecule has 198 valence electrons. The van der Waals surface area contributed by atoms with Gasteiger partial charge in [-0.25, -0.2) is 4.39 Å². The van der Waals surface area contributed by atoms with E-state index >= 15 is 0 Å². The first-order chi connectivity index (χ1) is 16.7. The zero-order valence-corrected chi connectivity index (χ0v) is 22.4. The first kappa shape index (κ1) is 34.0. The van der Waals surface area contributed by atoms with Crippen molar-refractivity contribution in [2.75, 3.05) is 25.5 Å². The zero-order chi connectivity index (χ0) is 27.6. The molecule has 0 fully saturated rings. The van der Waals surface area contributed by atoms with Crippen LogP contribution in [0.3, 0.4) is 0 Å². The molecule has 8 nitrogen and oxygen atoms in total. The lowest BCUT2D eigenvalue weighted by Crippen LogP contribution is -2.35. The summed E-state index contributed by atoms with van der Waals surface area (Å²) >= 11 is 0. The highest BCUT2D eigenvalue weighted by Gasteiger charge is 2.24. The van der Waals surface area contributed by atoms with Crippen molar-refractivity contribution in [3.05, 3.63) is 46.9 Å². The highest BCUT2D eigenvalue weighted by molar-refractivity contribution is 6.31. The molecule has 0 spiro atoms. The van der Waals surface area contributed by atoms with Crippen LogP contribution < -0.4 is 16.0 Å². The number of halogens is 1. The number of benzene rings is 1.